The highest BCUT2D eigenvalue weighted by molar-refractivity contribution is 7.10. The van der Waals surface area contributed by atoms with Crippen molar-refractivity contribution in [3.8, 4) is 11.3 Å². The summed E-state index contributed by atoms with van der Waals surface area (Å²) in [6.07, 6.45) is 11.2. The molecular weight excluding hydrogens is 416 g/mol. The minimum absolute atomic E-state index is 0.0499. The van der Waals surface area contributed by atoms with E-state index in [9.17, 15) is 4.79 Å². The lowest BCUT2D eigenvalue weighted by Gasteiger charge is -2.22. The predicted molar refractivity (Wildman–Crippen MR) is 128 cm³/mol. The van der Waals surface area contributed by atoms with E-state index >= 15 is 0 Å². The van der Waals surface area contributed by atoms with Gasteiger partial charge < -0.3 is 4.90 Å². The first-order chi connectivity index (χ1) is 15.8. The quantitative estimate of drug-likeness (QED) is 0.376. The third-order valence-electron chi connectivity index (χ3n) is 5.73. The Bertz CT molecular complexity index is 1200. The standard InChI is InChI=1S/C26H24N4OS/c31-25(30-15-5-10-23(30)24-11-6-16-32-24)13-12-22-19-29(18-20-7-2-1-3-8-20)28-26(22)21-9-4-14-27-17-21/h1-4,6-9,11-14,16-17,19,23H,5,10,15,18H2/b13-12+. The maximum Gasteiger partial charge on any atom is 0.247 e. The van der Waals surface area contributed by atoms with E-state index in [0.717, 1.165) is 36.2 Å². The molecule has 1 fully saturated rings. The molecule has 4 heterocycles. The van der Waals surface area contributed by atoms with Gasteiger partial charge in [0.25, 0.3) is 0 Å². The van der Waals surface area contributed by atoms with Crippen LogP contribution in [0.2, 0.25) is 0 Å². The molecule has 1 aromatic carbocycles. The number of pyridine rings is 1. The van der Waals surface area contributed by atoms with E-state index in [0.29, 0.717) is 6.54 Å². The number of rotatable bonds is 6. The van der Waals surface area contributed by atoms with Crippen molar-refractivity contribution in [1.29, 1.82) is 0 Å². The van der Waals surface area contributed by atoms with E-state index < -0.39 is 0 Å². The number of amides is 1. The second-order valence-electron chi connectivity index (χ2n) is 7.90. The summed E-state index contributed by atoms with van der Waals surface area (Å²) >= 11 is 1.72. The molecule has 0 bridgehead atoms. The van der Waals surface area contributed by atoms with Gasteiger partial charge >= 0.3 is 0 Å². The van der Waals surface area contributed by atoms with Crippen molar-refractivity contribution in [1.82, 2.24) is 19.7 Å². The SMILES string of the molecule is O=C(/C=C/c1cn(Cc2ccccc2)nc1-c1cccnc1)N1CCCC1c1cccs1. The molecule has 0 radical (unpaired) electrons. The van der Waals surface area contributed by atoms with Gasteiger partial charge in [-0.25, -0.2) is 0 Å². The molecule has 160 valence electrons. The van der Waals surface area contributed by atoms with Crippen molar-refractivity contribution in [3.05, 3.63) is 101 Å². The molecule has 1 aliphatic rings. The van der Waals surface area contributed by atoms with Crippen molar-refractivity contribution < 1.29 is 4.79 Å². The average molecular weight is 441 g/mol. The second kappa shape index (κ2) is 9.32. The molecule has 1 aliphatic heterocycles. The van der Waals surface area contributed by atoms with Crippen LogP contribution < -0.4 is 0 Å². The number of carbonyl (C=O) groups is 1. The number of hydrogen-bond acceptors (Lipinski definition) is 4. The van der Waals surface area contributed by atoms with Gasteiger partial charge in [-0.3, -0.25) is 14.5 Å². The van der Waals surface area contributed by atoms with Crippen LogP contribution in [0.1, 0.15) is 34.9 Å². The van der Waals surface area contributed by atoms with Crippen LogP contribution in [0.25, 0.3) is 17.3 Å². The van der Waals surface area contributed by atoms with E-state index in [2.05, 4.69) is 34.6 Å². The lowest BCUT2D eigenvalue weighted by Crippen LogP contribution is -2.28. The number of hydrogen-bond donors (Lipinski definition) is 0. The monoisotopic (exact) mass is 440 g/mol. The van der Waals surface area contributed by atoms with Gasteiger partial charge in [-0.2, -0.15) is 5.10 Å². The van der Waals surface area contributed by atoms with E-state index in [-0.39, 0.29) is 11.9 Å². The minimum Gasteiger partial charge on any atom is -0.331 e. The van der Waals surface area contributed by atoms with Crippen LogP contribution in [0.15, 0.2) is 84.6 Å². The highest BCUT2D eigenvalue weighted by atomic mass is 32.1. The normalized spacial score (nSPS) is 16.1. The summed E-state index contributed by atoms with van der Waals surface area (Å²) in [5.41, 5.74) is 3.85. The molecule has 4 aromatic rings. The fraction of sp³-hybridized carbons (Fsp3) is 0.192. The number of nitrogens with zero attached hydrogens (tertiary/aromatic N) is 4. The highest BCUT2D eigenvalue weighted by Gasteiger charge is 2.29. The van der Waals surface area contributed by atoms with Crippen LogP contribution >= 0.6 is 11.3 Å². The number of carbonyl (C=O) groups excluding carboxylic acids is 1. The molecule has 1 amide bonds. The Balaban J connectivity index is 1.41. The number of benzene rings is 1. The van der Waals surface area contributed by atoms with Crippen molar-refractivity contribution in [3.63, 3.8) is 0 Å². The topological polar surface area (TPSA) is 51.0 Å². The van der Waals surface area contributed by atoms with Crippen molar-refractivity contribution in [2.45, 2.75) is 25.4 Å². The molecule has 5 nitrogen and oxygen atoms in total. The summed E-state index contributed by atoms with van der Waals surface area (Å²) in [6, 6.07) is 18.5. The summed E-state index contributed by atoms with van der Waals surface area (Å²) in [6.45, 7) is 1.47. The summed E-state index contributed by atoms with van der Waals surface area (Å²) in [5.74, 6) is 0.0499. The van der Waals surface area contributed by atoms with Crippen LogP contribution in [0.4, 0.5) is 0 Å². The van der Waals surface area contributed by atoms with Gasteiger partial charge in [0, 0.05) is 47.2 Å². The fourth-order valence-corrected chi connectivity index (χ4v) is 5.07. The third-order valence-corrected chi connectivity index (χ3v) is 6.70. The largest absolute Gasteiger partial charge is 0.331 e. The Morgan fingerprint density at radius 2 is 2.03 bits per heavy atom. The average Bonchev–Trinajstić information content (AvgIpc) is 3.59. The van der Waals surface area contributed by atoms with Crippen LogP contribution in [0.5, 0.6) is 0 Å². The molecular formula is C26H24N4OS. The minimum atomic E-state index is 0.0499. The molecule has 3 aromatic heterocycles. The molecule has 6 heteroatoms. The van der Waals surface area contributed by atoms with E-state index in [1.165, 1.54) is 10.4 Å². The summed E-state index contributed by atoms with van der Waals surface area (Å²) in [4.78, 5) is 20.6. The van der Waals surface area contributed by atoms with Crippen LogP contribution in [-0.2, 0) is 11.3 Å². The van der Waals surface area contributed by atoms with E-state index in [4.69, 9.17) is 5.10 Å². The second-order valence-corrected chi connectivity index (χ2v) is 8.88. The Morgan fingerprint density at radius 1 is 1.12 bits per heavy atom. The van der Waals surface area contributed by atoms with Gasteiger partial charge in [0.2, 0.25) is 5.91 Å². The van der Waals surface area contributed by atoms with Crippen LogP contribution in [-0.4, -0.2) is 32.1 Å². The predicted octanol–water partition coefficient (Wildman–Crippen LogP) is 5.43. The zero-order valence-corrected chi connectivity index (χ0v) is 18.5. The molecule has 0 aliphatic carbocycles. The van der Waals surface area contributed by atoms with Crippen molar-refractivity contribution in [2.24, 2.45) is 0 Å². The molecule has 1 saturated heterocycles. The first-order valence-electron chi connectivity index (χ1n) is 10.8. The Hall–Kier alpha value is -3.51. The zero-order chi connectivity index (χ0) is 21.8. The zero-order valence-electron chi connectivity index (χ0n) is 17.7. The third kappa shape index (κ3) is 4.41. The van der Waals surface area contributed by atoms with Gasteiger partial charge in [-0.15, -0.1) is 11.3 Å². The Kier molecular flexibility index (Phi) is 5.94. The summed E-state index contributed by atoms with van der Waals surface area (Å²) in [5, 5.41) is 6.89. The van der Waals surface area contributed by atoms with Gasteiger partial charge in [0.1, 0.15) is 5.69 Å². The van der Waals surface area contributed by atoms with Gasteiger partial charge in [0.15, 0.2) is 0 Å². The van der Waals surface area contributed by atoms with E-state index in [1.54, 1.807) is 23.6 Å². The molecule has 0 spiro atoms. The lowest BCUT2D eigenvalue weighted by atomic mass is 10.1. The Labute approximate surface area is 191 Å². The molecule has 0 N–H and O–H groups in total. The number of thiophene rings is 1. The Morgan fingerprint density at radius 3 is 2.81 bits per heavy atom. The fourth-order valence-electron chi connectivity index (χ4n) is 4.20. The molecule has 1 atom stereocenters. The summed E-state index contributed by atoms with van der Waals surface area (Å²) < 4.78 is 1.92. The molecule has 1 unspecified atom stereocenters. The summed E-state index contributed by atoms with van der Waals surface area (Å²) in [7, 11) is 0. The number of likely N-dealkylation sites (tertiary alicyclic amines) is 1. The maximum atomic E-state index is 13.1. The lowest BCUT2D eigenvalue weighted by molar-refractivity contribution is -0.126. The van der Waals surface area contributed by atoms with Gasteiger partial charge in [-0.05, 0) is 48.1 Å². The smallest absolute Gasteiger partial charge is 0.247 e. The molecule has 0 saturated carbocycles. The maximum absolute atomic E-state index is 13.1. The van der Waals surface area contributed by atoms with Gasteiger partial charge in [0.05, 0.1) is 12.6 Å². The van der Waals surface area contributed by atoms with Crippen molar-refractivity contribution in [2.75, 3.05) is 6.54 Å². The van der Waals surface area contributed by atoms with Crippen LogP contribution in [0.3, 0.4) is 0 Å². The van der Waals surface area contributed by atoms with Crippen LogP contribution in [0, 0.1) is 0 Å². The highest BCUT2D eigenvalue weighted by Crippen LogP contribution is 2.34. The first kappa shape index (κ1) is 20.4. The molecule has 5 rings (SSSR count). The first-order valence-corrected chi connectivity index (χ1v) is 11.7. The van der Waals surface area contributed by atoms with Crippen molar-refractivity contribution >= 4 is 23.3 Å². The molecule has 32 heavy (non-hydrogen) atoms. The van der Waals surface area contributed by atoms with E-state index in [1.807, 2.05) is 58.4 Å². The van der Waals surface area contributed by atoms with Gasteiger partial charge in [-0.1, -0.05) is 36.4 Å². The number of aromatic nitrogens is 3.